The second-order valence-electron chi connectivity index (χ2n) is 7.88. The van der Waals surface area contributed by atoms with Gasteiger partial charge < -0.3 is 15.1 Å². The Morgan fingerprint density at radius 3 is 2.38 bits per heavy atom. The summed E-state index contributed by atoms with van der Waals surface area (Å²) in [5.41, 5.74) is 2.30. The van der Waals surface area contributed by atoms with Crippen LogP contribution in [0, 0.1) is 0 Å². The number of piperazine rings is 1. The van der Waals surface area contributed by atoms with Crippen molar-refractivity contribution < 1.29 is 8.42 Å². The zero-order chi connectivity index (χ0) is 22.3. The van der Waals surface area contributed by atoms with Crippen molar-refractivity contribution in [3.63, 3.8) is 0 Å². The summed E-state index contributed by atoms with van der Waals surface area (Å²) in [5.74, 6) is 0.320. The second kappa shape index (κ2) is 7.92. The highest BCUT2D eigenvalue weighted by Crippen LogP contribution is 2.23. The molecule has 1 N–H and O–H groups in total. The van der Waals surface area contributed by atoms with Crippen LogP contribution in [0.15, 0.2) is 60.0 Å². The van der Waals surface area contributed by atoms with E-state index < -0.39 is 10.0 Å². The molecule has 1 aromatic carbocycles. The highest BCUT2D eigenvalue weighted by Gasteiger charge is 2.22. The van der Waals surface area contributed by atoms with Gasteiger partial charge in [-0.15, -0.1) is 0 Å². The minimum Gasteiger partial charge on any atom is -0.369 e. The van der Waals surface area contributed by atoms with E-state index in [0.717, 1.165) is 35.8 Å². The zero-order valence-corrected chi connectivity index (χ0v) is 18.7. The first-order chi connectivity index (χ1) is 15.4. The number of hydrogen-bond donors (Lipinski definition) is 1. The Labute approximate surface area is 186 Å². The number of anilines is 3. The van der Waals surface area contributed by atoms with Gasteiger partial charge in [0.15, 0.2) is 10.7 Å². The standard InChI is InChI=1S/C21H24N8O2S/c1-26-11-13-28(14-12-26)18-5-3-17(4-6-18)23-21-22-15-16-7-10-29(20(16)24-21)32(30,31)19-8-9-27(2)25-19/h3-10,15H,11-14H2,1-2H3,(H,22,23,24). The molecule has 0 bridgehead atoms. The van der Waals surface area contributed by atoms with Crippen LogP contribution in [0.1, 0.15) is 0 Å². The van der Waals surface area contributed by atoms with Crippen LogP contribution < -0.4 is 10.2 Å². The minimum absolute atomic E-state index is 0.0369. The molecule has 4 aromatic rings. The van der Waals surface area contributed by atoms with Gasteiger partial charge in [-0.3, -0.25) is 4.68 Å². The fourth-order valence-corrected chi connectivity index (χ4v) is 4.99. The van der Waals surface area contributed by atoms with Crippen molar-refractivity contribution in [2.45, 2.75) is 5.03 Å². The zero-order valence-electron chi connectivity index (χ0n) is 17.9. The molecule has 0 amide bonds. The lowest BCUT2D eigenvalue weighted by molar-refractivity contribution is 0.313. The van der Waals surface area contributed by atoms with Gasteiger partial charge >= 0.3 is 0 Å². The Morgan fingerprint density at radius 2 is 1.69 bits per heavy atom. The molecule has 1 saturated heterocycles. The highest BCUT2D eigenvalue weighted by molar-refractivity contribution is 7.90. The van der Waals surface area contributed by atoms with Crippen LogP contribution in [-0.4, -0.2) is 70.3 Å². The first-order valence-electron chi connectivity index (χ1n) is 10.3. The second-order valence-corrected chi connectivity index (χ2v) is 9.64. The van der Waals surface area contributed by atoms with E-state index in [4.69, 9.17) is 0 Å². The Hall–Kier alpha value is -3.44. The van der Waals surface area contributed by atoms with Gasteiger partial charge in [0.2, 0.25) is 5.95 Å². The average molecular weight is 453 g/mol. The van der Waals surface area contributed by atoms with Crippen LogP contribution in [0.25, 0.3) is 11.0 Å². The maximum atomic E-state index is 13.0. The van der Waals surface area contributed by atoms with Gasteiger partial charge in [0.1, 0.15) is 0 Å². The third-order valence-corrected chi connectivity index (χ3v) is 7.16. The molecule has 10 nitrogen and oxygen atoms in total. The average Bonchev–Trinajstić information content (AvgIpc) is 3.42. The van der Waals surface area contributed by atoms with Gasteiger partial charge in [0.05, 0.1) is 0 Å². The Kier molecular flexibility index (Phi) is 5.06. The maximum absolute atomic E-state index is 13.0. The molecule has 0 unspecified atom stereocenters. The Balaban J connectivity index is 1.39. The maximum Gasteiger partial charge on any atom is 0.288 e. The van der Waals surface area contributed by atoms with Crippen molar-refractivity contribution >= 4 is 38.4 Å². The molecule has 1 aliphatic rings. The highest BCUT2D eigenvalue weighted by atomic mass is 32.2. The summed E-state index contributed by atoms with van der Waals surface area (Å²) in [4.78, 5) is 13.5. The molecule has 0 saturated carbocycles. The molecule has 0 atom stereocenters. The van der Waals surface area contributed by atoms with E-state index in [2.05, 4.69) is 49.4 Å². The number of nitrogens with zero attached hydrogens (tertiary/aromatic N) is 7. The number of fused-ring (bicyclic) bond motifs is 1. The van der Waals surface area contributed by atoms with Crippen molar-refractivity contribution in [2.24, 2.45) is 7.05 Å². The van der Waals surface area contributed by atoms with Crippen LogP contribution >= 0.6 is 0 Å². The van der Waals surface area contributed by atoms with Crippen LogP contribution in [-0.2, 0) is 17.1 Å². The lowest BCUT2D eigenvalue weighted by atomic mass is 10.2. The summed E-state index contributed by atoms with van der Waals surface area (Å²) in [5, 5.41) is 7.79. The Morgan fingerprint density at radius 1 is 0.938 bits per heavy atom. The van der Waals surface area contributed by atoms with Gasteiger partial charge in [-0.2, -0.15) is 18.5 Å². The summed E-state index contributed by atoms with van der Waals surface area (Å²) in [6.45, 7) is 4.11. The van der Waals surface area contributed by atoms with Crippen molar-refractivity contribution in [3.8, 4) is 0 Å². The van der Waals surface area contributed by atoms with Crippen LogP contribution in [0.4, 0.5) is 17.3 Å². The van der Waals surface area contributed by atoms with Gasteiger partial charge in [0, 0.05) is 68.6 Å². The third kappa shape index (κ3) is 3.80. The van der Waals surface area contributed by atoms with E-state index in [0.29, 0.717) is 17.0 Å². The van der Waals surface area contributed by atoms with Gasteiger partial charge in [-0.1, -0.05) is 0 Å². The molecule has 32 heavy (non-hydrogen) atoms. The van der Waals surface area contributed by atoms with Crippen molar-refractivity contribution in [2.75, 3.05) is 43.4 Å². The first kappa shape index (κ1) is 20.5. The number of hydrogen-bond acceptors (Lipinski definition) is 8. The number of benzene rings is 1. The number of rotatable bonds is 5. The fraction of sp³-hybridized carbons (Fsp3) is 0.286. The van der Waals surface area contributed by atoms with Crippen LogP contribution in [0.5, 0.6) is 0 Å². The summed E-state index contributed by atoms with van der Waals surface area (Å²) in [6.07, 6.45) is 4.66. The largest absolute Gasteiger partial charge is 0.369 e. The summed E-state index contributed by atoms with van der Waals surface area (Å²) in [6, 6.07) is 11.2. The van der Waals surface area contributed by atoms with E-state index in [9.17, 15) is 8.42 Å². The van der Waals surface area contributed by atoms with Crippen molar-refractivity contribution in [1.29, 1.82) is 0 Å². The summed E-state index contributed by atoms with van der Waals surface area (Å²) in [7, 11) is -0.0446. The molecule has 0 aliphatic carbocycles. The summed E-state index contributed by atoms with van der Waals surface area (Å²) >= 11 is 0. The normalized spacial score (nSPS) is 15.4. The quantitative estimate of drug-likeness (QED) is 0.490. The van der Waals surface area contributed by atoms with Crippen molar-refractivity contribution in [3.05, 3.63) is 55.0 Å². The SMILES string of the molecule is CN1CCN(c2ccc(Nc3ncc4ccn(S(=O)(=O)c5ccn(C)n5)c4n3)cc2)CC1. The molecule has 11 heteroatoms. The monoisotopic (exact) mass is 452 g/mol. The molecule has 4 heterocycles. The Bertz CT molecular complexity index is 1350. The number of aryl methyl sites for hydroxylation is 1. The molecule has 0 radical (unpaired) electrons. The van der Waals surface area contributed by atoms with E-state index >= 15 is 0 Å². The smallest absolute Gasteiger partial charge is 0.288 e. The minimum atomic E-state index is -3.86. The molecule has 5 rings (SSSR count). The van der Waals surface area contributed by atoms with E-state index in [1.165, 1.54) is 22.6 Å². The van der Waals surface area contributed by atoms with Crippen LogP contribution in [0.2, 0.25) is 0 Å². The lowest BCUT2D eigenvalue weighted by Gasteiger charge is -2.34. The van der Waals surface area contributed by atoms with E-state index in [1.807, 2.05) is 12.1 Å². The predicted octanol–water partition coefficient (Wildman–Crippen LogP) is 1.90. The van der Waals surface area contributed by atoms with Crippen LogP contribution in [0.3, 0.4) is 0 Å². The molecular weight excluding hydrogens is 428 g/mol. The predicted molar refractivity (Wildman–Crippen MR) is 123 cm³/mol. The number of aromatic nitrogens is 5. The van der Waals surface area contributed by atoms with Gasteiger partial charge in [-0.05, 0) is 43.4 Å². The molecule has 0 spiro atoms. The number of nitrogens with one attached hydrogen (secondary N) is 1. The number of likely N-dealkylation sites (N-methyl/N-ethyl adjacent to an activating group) is 1. The molecule has 1 aliphatic heterocycles. The first-order valence-corrected chi connectivity index (χ1v) is 11.7. The molecule has 166 valence electrons. The third-order valence-electron chi connectivity index (χ3n) is 5.60. The fourth-order valence-electron chi connectivity index (χ4n) is 3.73. The van der Waals surface area contributed by atoms with E-state index in [-0.39, 0.29) is 5.03 Å². The molecule has 3 aromatic heterocycles. The van der Waals surface area contributed by atoms with E-state index in [1.54, 1.807) is 25.5 Å². The van der Waals surface area contributed by atoms with Gasteiger partial charge in [-0.25, -0.2) is 8.96 Å². The van der Waals surface area contributed by atoms with Crippen molar-refractivity contribution in [1.82, 2.24) is 28.6 Å². The van der Waals surface area contributed by atoms with Gasteiger partial charge in [0.25, 0.3) is 10.0 Å². The summed E-state index contributed by atoms with van der Waals surface area (Å²) < 4.78 is 28.6. The lowest BCUT2D eigenvalue weighted by Crippen LogP contribution is -2.44. The topological polar surface area (TPSA) is 101 Å². The molecular formula is C21H24N8O2S. The molecule has 1 fully saturated rings.